The number of hydrogen-bond donors (Lipinski definition) is 2. The van der Waals surface area contributed by atoms with Crippen LogP contribution in [0.15, 0.2) is 53.7 Å². The Kier molecular flexibility index (Phi) is 7.65. The largest absolute Gasteiger partial charge is 0.378 e. The van der Waals surface area contributed by atoms with E-state index in [4.69, 9.17) is 0 Å². The van der Waals surface area contributed by atoms with Crippen LogP contribution in [0.3, 0.4) is 0 Å². The third kappa shape index (κ3) is 6.13. The van der Waals surface area contributed by atoms with Gasteiger partial charge in [-0.1, -0.05) is 49.2 Å². The van der Waals surface area contributed by atoms with Crippen LogP contribution < -0.4 is 10.6 Å². The van der Waals surface area contributed by atoms with Crippen molar-refractivity contribution in [3.05, 3.63) is 65.7 Å². The molecular formula is C25H30FN5OS. The number of rotatable bonds is 8. The maximum atomic E-state index is 13.2. The van der Waals surface area contributed by atoms with Crippen LogP contribution in [-0.4, -0.2) is 32.5 Å². The second-order valence-electron chi connectivity index (χ2n) is 8.65. The van der Waals surface area contributed by atoms with Crippen LogP contribution in [0, 0.1) is 18.7 Å². The second-order valence-corrected chi connectivity index (χ2v) is 9.60. The zero-order chi connectivity index (χ0) is 23.2. The van der Waals surface area contributed by atoms with Crippen molar-refractivity contribution in [2.24, 2.45) is 5.92 Å². The van der Waals surface area contributed by atoms with Gasteiger partial charge in [0.1, 0.15) is 5.82 Å². The molecule has 8 heteroatoms. The van der Waals surface area contributed by atoms with E-state index < -0.39 is 0 Å². The Morgan fingerprint density at radius 2 is 1.82 bits per heavy atom. The van der Waals surface area contributed by atoms with E-state index in [-0.39, 0.29) is 17.8 Å². The SMILES string of the molecule is Cc1ccc(-n2c(CNc3ccc(F)cc3)nnc2SCC(=O)N[C@H]2CCCC[C@@H]2C)cc1. The molecule has 1 heterocycles. The number of carbonyl (C=O) groups excluding carboxylic acids is 1. The minimum Gasteiger partial charge on any atom is -0.378 e. The van der Waals surface area contributed by atoms with Crippen molar-refractivity contribution in [1.82, 2.24) is 20.1 Å². The van der Waals surface area contributed by atoms with E-state index in [1.165, 1.54) is 43.2 Å². The van der Waals surface area contributed by atoms with Crippen LogP contribution in [0.5, 0.6) is 0 Å². The Balaban J connectivity index is 1.47. The molecule has 174 valence electrons. The number of carbonyl (C=O) groups is 1. The highest BCUT2D eigenvalue weighted by Crippen LogP contribution is 2.25. The number of hydrogen-bond acceptors (Lipinski definition) is 5. The molecule has 1 aromatic heterocycles. The summed E-state index contributed by atoms with van der Waals surface area (Å²) in [4.78, 5) is 12.6. The van der Waals surface area contributed by atoms with Gasteiger partial charge in [-0.3, -0.25) is 9.36 Å². The molecule has 1 amide bonds. The van der Waals surface area contributed by atoms with Crippen molar-refractivity contribution in [1.29, 1.82) is 0 Å². The predicted octanol–water partition coefficient (Wildman–Crippen LogP) is 5.11. The van der Waals surface area contributed by atoms with Gasteiger partial charge < -0.3 is 10.6 Å². The predicted molar refractivity (Wildman–Crippen MR) is 130 cm³/mol. The molecule has 0 saturated heterocycles. The molecule has 1 saturated carbocycles. The second kappa shape index (κ2) is 10.8. The Morgan fingerprint density at radius 1 is 1.09 bits per heavy atom. The highest BCUT2D eigenvalue weighted by atomic mass is 32.2. The molecule has 1 fully saturated rings. The smallest absolute Gasteiger partial charge is 0.230 e. The van der Waals surface area contributed by atoms with Gasteiger partial charge in [0, 0.05) is 17.4 Å². The average molecular weight is 468 g/mol. The third-order valence-corrected chi connectivity index (χ3v) is 7.01. The number of halogens is 1. The number of benzene rings is 2. The minimum absolute atomic E-state index is 0.0307. The number of amides is 1. The molecule has 0 aliphatic heterocycles. The molecule has 0 unspecified atom stereocenters. The van der Waals surface area contributed by atoms with Gasteiger partial charge in [-0.2, -0.15) is 0 Å². The molecule has 1 aliphatic rings. The van der Waals surface area contributed by atoms with Gasteiger partial charge in [0.2, 0.25) is 5.91 Å². The zero-order valence-corrected chi connectivity index (χ0v) is 19.9. The molecule has 4 rings (SSSR count). The van der Waals surface area contributed by atoms with Crippen molar-refractivity contribution in [3.8, 4) is 5.69 Å². The first-order valence-corrected chi connectivity index (χ1v) is 12.4. The lowest BCUT2D eigenvalue weighted by molar-refractivity contribution is -0.119. The molecule has 0 bridgehead atoms. The Labute approximate surface area is 198 Å². The van der Waals surface area contributed by atoms with E-state index in [0.29, 0.717) is 29.2 Å². The summed E-state index contributed by atoms with van der Waals surface area (Å²) in [6.45, 7) is 4.67. The average Bonchev–Trinajstić information content (AvgIpc) is 3.22. The first kappa shape index (κ1) is 23.3. The van der Waals surface area contributed by atoms with Gasteiger partial charge >= 0.3 is 0 Å². The lowest BCUT2D eigenvalue weighted by atomic mass is 9.86. The molecule has 33 heavy (non-hydrogen) atoms. The van der Waals surface area contributed by atoms with Gasteiger partial charge in [-0.25, -0.2) is 4.39 Å². The van der Waals surface area contributed by atoms with Gasteiger partial charge in [0.05, 0.1) is 12.3 Å². The normalized spacial score (nSPS) is 18.2. The summed E-state index contributed by atoms with van der Waals surface area (Å²) in [5.74, 6) is 1.28. The maximum Gasteiger partial charge on any atom is 0.230 e. The maximum absolute atomic E-state index is 13.2. The molecule has 0 radical (unpaired) electrons. The summed E-state index contributed by atoms with van der Waals surface area (Å²) in [6, 6.07) is 14.6. The van der Waals surface area contributed by atoms with Crippen LogP contribution in [0.25, 0.3) is 5.69 Å². The quantitative estimate of drug-likeness (QED) is 0.450. The number of nitrogens with zero attached hydrogens (tertiary/aromatic N) is 3. The molecule has 2 N–H and O–H groups in total. The third-order valence-electron chi connectivity index (χ3n) is 6.08. The fraction of sp³-hybridized carbons (Fsp3) is 0.400. The first-order valence-electron chi connectivity index (χ1n) is 11.4. The van der Waals surface area contributed by atoms with Crippen molar-refractivity contribution < 1.29 is 9.18 Å². The topological polar surface area (TPSA) is 71.8 Å². The summed E-state index contributed by atoms with van der Waals surface area (Å²) in [7, 11) is 0. The number of aromatic nitrogens is 3. The molecule has 6 nitrogen and oxygen atoms in total. The fourth-order valence-corrected chi connectivity index (χ4v) is 4.90. The van der Waals surface area contributed by atoms with Gasteiger partial charge in [0.25, 0.3) is 0 Å². The van der Waals surface area contributed by atoms with Crippen molar-refractivity contribution in [3.63, 3.8) is 0 Å². The van der Waals surface area contributed by atoms with Crippen molar-refractivity contribution in [2.75, 3.05) is 11.1 Å². The summed E-state index contributed by atoms with van der Waals surface area (Å²) in [5.41, 5.74) is 2.89. The van der Waals surface area contributed by atoms with Crippen molar-refractivity contribution in [2.45, 2.75) is 57.3 Å². The number of anilines is 1. The fourth-order valence-electron chi connectivity index (χ4n) is 4.12. The zero-order valence-electron chi connectivity index (χ0n) is 19.1. The lowest BCUT2D eigenvalue weighted by Crippen LogP contribution is -2.41. The highest BCUT2D eigenvalue weighted by Gasteiger charge is 2.23. The number of nitrogens with one attached hydrogen (secondary N) is 2. The molecule has 0 spiro atoms. The van der Waals surface area contributed by atoms with E-state index in [2.05, 4.69) is 27.8 Å². The van der Waals surface area contributed by atoms with Gasteiger partial charge in [-0.15, -0.1) is 10.2 Å². The van der Waals surface area contributed by atoms with Crippen LogP contribution in [0.2, 0.25) is 0 Å². The van der Waals surface area contributed by atoms with E-state index >= 15 is 0 Å². The first-order chi connectivity index (χ1) is 16.0. The molecular weight excluding hydrogens is 437 g/mol. The van der Waals surface area contributed by atoms with E-state index in [9.17, 15) is 9.18 Å². The lowest BCUT2D eigenvalue weighted by Gasteiger charge is -2.29. The Morgan fingerprint density at radius 3 is 2.55 bits per heavy atom. The molecule has 2 atom stereocenters. The van der Waals surface area contributed by atoms with Gasteiger partial charge in [-0.05, 0) is 62.1 Å². The summed E-state index contributed by atoms with van der Waals surface area (Å²) >= 11 is 1.39. The highest BCUT2D eigenvalue weighted by molar-refractivity contribution is 7.99. The minimum atomic E-state index is -0.275. The van der Waals surface area contributed by atoms with E-state index in [0.717, 1.165) is 23.4 Å². The Hall–Kier alpha value is -2.87. The van der Waals surface area contributed by atoms with E-state index in [1.807, 2.05) is 35.8 Å². The van der Waals surface area contributed by atoms with Crippen LogP contribution in [0.4, 0.5) is 10.1 Å². The number of aryl methyl sites for hydroxylation is 1. The standard InChI is InChI=1S/C25H30FN5OS/c1-17-7-13-21(14-8-17)31-23(15-27-20-11-9-19(26)10-12-20)29-30-25(31)33-16-24(32)28-22-6-4-3-5-18(22)2/h7-14,18,22,27H,3-6,15-16H2,1-2H3,(H,28,32)/t18-,22-/m0/s1. The Bertz CT molecular complexity index is 1070. The van der Waals surface area contributed by atoms with Crippen LogP contribution >= 0.6 is 11.8 Å². The van der Waals surface area contributed by atoms with Gasteiger partial charge in [0.15, 0.2) is 11.0 Å². The summed E-state index contributed by atoms with van der Waals surface area (Å²) < 4.78 is 15.2. The van der Waals surface area contributed by atoms with Crippen LogP contribution in [0.1, 0.15) is 44.0 Å². The van der Waals surface area contributed by atoms with E-state index in [1.54, 1.807) is 12.1 Å². The van der Waals surface area contributed by atoms with Crippen LogP contribution in [-0.2, 0) is 11.3 Å². The summed E-state index contributed by atoms with van der Waals surface area (Å²) in [5, 5.41) is 15.9. The molecule has 2 aromatic carbocycles. The molecule has 3 aromatic rings. The van der Waals surface area contributed by atoms with Crippen molar-refractivity contribution >= 4 is 23.4 Å². The monoisotopic (exact) mass is 467 g/mol. The molecule has 1 aliphatic carbocycles. The number of thioether (sulfide) groups is 1. The summed E-state index contributed by atoms with van der Waals surface area (Å²) in [6.07, 6.45) is 4.64.